The van der Waals surface area contributed by atoms with Crippen LogP contribution in [0.5, 0.6) is 0 Å². The molecule has 13 heavy (non-hydrogen) atoms. The van der Waals surface area contributed by atoms with E-state index < -0.39 is 18.2 Å². The number of esters is 1. The van der Waals surface area contributed by atoms with Crippen molar-refractivity contribution in [2.75, 3.05) is 20.3 Å². The normalized spacial score (nSPS) is 11.6. The summed E-state index contributed by atoms with van der Waals surface area (Å²) in [7, 11) is 1.15. The standard InChI is InChI=1S/C7H13NO5/c1-3-13-7(11)8-4-5(9)6(10)12-2/h5,9H,3-4H2,1-2H3,(H,8,11). The molecule has 0 aliphatic carbocycles. The molecule has 0 saturated heterocycles. The van der Waals surface area contributed by atoms with E-state index in [0.29, 0.717) is 0 Å². The van der Waals surface area contributed by atoms with Crippen molar-refractivity contribution in [1.82, 2.24) is 5.32 Å². The summed E-state index contributed by atoms with van der Waals surface area (Å²) >= 11 is 0. The third kappa shape index (κ3) is 5.02. The number of amides is 1. The smallest absolute Gasteiger partial charge is 0.407 e. The number of aliphatic hydroxyl groups excluding tert-OH is 1. The van der Waals surface area contributed by atoms with Gasteiger partial charge in [0, 0.05) is 0 Å². The quantitative estimate of drug-likeness (QED) is 0.572. The first-order valence-corrected chi connectivity index (χ1v) is 3.78. The predicted molar refractivity (Wildman–Crippen MR) is 43.0 cm³/mol. The van der Waals surface area contributed by atoms with Gasteiger partial charge in [-0.15, -0.1) is 0 Å². The Labute approximate surface area is 75.8 Å². The van der Waals surface area contributed by atoms with Gasteiger partial charge in [-0.25, -0.2) is 9.59 Å². The lowest BCUT2D eigenvalue weighted by Crippen LogP contribution is -2.37. The Kier molecular flexibility index (Phi) is 5.62. The summed E-state index contributed by atoms with van der Waals surface area (Å²) in [6, 6.07) is 0. The van der Waals surface area contributed by atoms with E-state index in [1.165, 1.54) is 0 Å². The molecule has 0 rings (SSSR count). The van der Waals surface area contributed by atoms with Crippen LogP contribution in [0.25, 0.3) is 0 Å². The van der Waals surface area contributed by atoms with E-state index in [1.807, 2.05) is 0 Å². The second-order valence-electron chi connectivity index (χ2n) is 2.14. The molecule has 1 unspecified atom stereocenters. The minimum Gasteiger partial charge on any atom is -0.467 e. The van der Waals surface area contributed by atoms with Gasteiger partial charge in [0.25, 0.3) is 0 Å². The molecule has 6 heteroatoms. The second kappa shape index (κ2) is 6.24. The molecule has 1 amide bonds. The summed E-state index contributed by atoms with van der Waals surface area (Å²) in [5.41, 5.74) is 0. The highest BCUT2D eigenvalue weighted by molar-refractivity contribution is 5.75. The van der Waals surface area contributed by atoms with Gasteiger partial charge in [-0.05, 0) is 6.92 Å². The molecule has 0 radical (unpaired) electrons. The Balaban J connectivity index is 3.63. The van der Waals surface area contributed by atoms with Gasteiger partial charge in [-0.2, -0.15) is 0 Å². The number of methoxy groups -OCH3 is 1. The number of alkyl carbamates (subject to hydrolysis) is 1. The van der Waals surface area contributed by atoms with Crippen LogP contribution in [0, 0.1) is 0 Å². The molecule has 0 aliphatic rings. The van der Waals surface area contributed by atoms with Crippen LogP contribution in [0.15, 0.2) is 0 Å². The fourth-order valence-electron chi connectivity index (χ4n) is 0.582. The number of nitrogens with one attached hydrogen (secondary N) is 1. The maximum Gasteiger partial charge on any atom is 0.407 e. The summed E-state index contributed by atoms with van der Waals surface area (Å²) < 4.78 is 8.72. The van der Waals surface area contributed by atoms with Crippen molar-refractivity contribution in [3.05, 3.63) is 0 Å². The van der Waals surface area contributed by atoms with E-state index in [-0.39, 0.29) is 13.2 Å². The van der Waals surface area contributed by atoms with Crippen molar-refractivity contribution in [2.45, 2.75) is 13.0 Å². The summed E-state index contributed by atoms with van der Waals surface area (Å²) in [5, 5.41) is 11.2. The zero-order valence-corrected chi connectivity index (χ0v) is 7.57. The molecule has 76 valence electrons. The fourth-order valence-corrected chi connectivity index (χ4v) is 0.582. The molecule has 0 spiro atoms. The van der Waals surface area contributed by atoms with Crippen LogP contribution in [0.1, 0.15) is 6.92 Å². The molecular weight excluding hydrogens is 178 g/mol. The summed E-state index contributed by atoms with van der Waals surface area (Å²) in [6.45, 7) is 1.67. The molecule has 0 aromatic heterocycles. The number of carbonyl (C=O) groups excluding carboxylic acids is 2. The monoisotopic (exact) mass is 191 g/mol. The molecule has 1 atom stereocenters. The van der Waals surface area contributed by atoms with Gasteiger partial charge in [0.1, 0.15) is 0 Å². The maximum atomic E-state index is 10.7. The Morgan fingerprint density at radius 3 is 2.62 bits per heavy atom. The average Bonchev–Trinajstić information content (AvgIpc) is 2.13. The van der Waals surface area contributed by atoms with Gasteiger partial charge in [0.15, 0.2) is 6.10 Å². The highest BCUT2D eigenvalue weighted by atomic mass is 16.5. The van der Waals surface area contributed by atoms with Crippen molar-refractivity contribution < 1.29 is 24.2 Å². The highest BCUT2D eigenvalue weighted by Crippen LogP contribution is 1.85. The van der Waals surface area contributed by atoms with E-state index in [2.05, 4.69) is 14.8 Å². The molecule has 6 nitrogen and oxygen atoms in total. The number of aliphatic hydroxyl groups is 1. The van der Waals surface area contributed by atoms with Crippen molar-refractivity contribution in [3.63, 3.8) is 0 Å². The van der Waals surface area contributed by atoms with Crippen LogP contribution in [-0.4, -0.2) is 43.5 Å². The SMILES string of the molecule is CCOC(=O)NCC(O)C(=O)OC. The van der Waals surface area contributed by atoms with Gasteiger partial charge >= 0.3 is 12.1 Å². The van der Waals surface area contributed by atoms with E-state index in [1.54, 1.807) is 6.92 Å². The molecule has 0 aliphatic heterocycles. The van der Waals surface area contributed by atoms with Crippen LogP contribution in [0.4, 0.5) is 4.79 Å². The van der Waals surface area contributed by atoms with Crippen molar-refractivity contribution in [2.24, 2.45) is 0 Å². The minimum atomic E-state index is -1.35. The first-order valence-electron chi connectivity index (χ1n) is 3.78. The molecule has 0 aromatic carbocycles. The second-order valence-corrected chi connectivity index (χ2v) is 2.14. The number of carbonyl (C=O) groups is 2. The zero-order valence-electron chi connectivity index (χ0n) is 7.57. The number of rotatable bonds is 4. The topological polar surface area (TPSA) is 84.9 Å². The van der Waals surface area contributed by atoms with Crippen LogP contribution in [0.3, 0.4) is 0 Å². The first kappa shape index (κ1) is 11.7. The lowest BCUT2D eigenvalue weighted by Gasteiger charge is -2.09. The van der Waals surface area contributed by atoms with Gasteiger partial charge in [0.05, 0.1) is 20.3 Å². The Bertz CT molecular complexity index is 182. The molecule has 0 heterocycles. The van der Waals surface area contributed by atoms with E-state index in [0.717, 1.165) is 7.11 Å². The lowest BCUT2D eigenvalue weighted by molar-refractivity contribution is -0.149. The predicted octanol–water partition coefficient (Wildman–Crippen LogP) is -0.734. The first-order chi connectivity index (χ1) is 6.11. The third-order valence-electron chi connectivity index (χ3n) is 1.19. The van der Waals surface area contributed by atoms with Crippen LogP contribution in [-0.2, 0) is 14.3 Å². The molecule has 0 bridgehead atoms. The van der Waals surface area contributed by atoms with Crippen LogP contribution in [0.2, 0.25) is 0 Å². The summed E-state index contributed by atoms with van der Waals surface area (Å²) in [5.74, 6) is -0.795. The van der Waals surface area contributed by atoms with Gasteiger partial charge in [0.2, 0.25) is 0 Å². The summed E-state index contributed by atoms with van der Waals surface area (Å²) in [6.07, 6.45) is -2.03. The minimum absolute atomic E-state index is 0.217. The van der Waals surface area contributed by atoms with Gasteiger partial charge < -0.3 is 19.9 Å². The van der Waals surface area contributed by atoms with E-state index >= 15 is 0 Å². The van der Waals surface area contributed by atoms with Gasteiger partial charge in [-0.3, -0.25) is 0 Å². The highest BCUT2D eigenvalue weighted by Gasteiger charge is 2.15. The van der Waals surface area contributed by atoms with Crippen molar-refractivity contribution in [1.29, 1.82) is 0 Å². The maximum absolute atomic E-state index is 10.7. The zero-order chi connectivity index (χ0) is 10.3. The third-order valence-corrected chi connectivity index (χ3v) is 1.19. The molecule has 2 N–H and O–H groups in total. The van der Waals surface area contributed by atoms with E-state index in [9.17, 15) is 9.59 Å². The number of hydrogen-bond donors (Lipinski definition) is 2. The Morgan fingerprint density at radius 1 is 1.54 bits per heavy atom. The molecule has 0 saturated carbocycles. The van der Waals surface area contributed by atoms with Gasteiger partial charge in [-0.1, -0.05) is 0 Å². The number of ether oxygens (including phenoxy) is 2. The van der Waals surface area contributed by atoms with Crippen LogP contribution >= 0.6 is 0 Å². The number of hydrogen-bond acceptors (Lipinski definition) is 5. The lowest BCUT2D eigenvalue weighted by atomic mass is 10.4. The van der Waals surface area contributed by atoms with Crippen molar-refractivity contribution >= 4 is 12.1 Å². The average molecular weight is 191 g/mol. The molecular formula is C7H13NO5. The Hall–Kier alpha value is -1.30. The van der Waals surface area contributed by atoms with Crippen LogP contribution < -0.4 is 5.32 Å². The largest absolute Gasteiger partial charge is 0.467 e. The fraction of sp³-hybridized carbons (Fsp3) is 0.714. The molecule has 0 aromatic rings. The summed E-state index contributed by atoms with van der Waals surface area (Å²) in [4.78, 5) is 21.3. The van der Waals surface area contributed by atoms with Crippen molar-refractivity contribution in [3.8, 4) is 0 Å². The Morgan fingerprint density at radius 2 is 2.15 bits per heavy atom. The molecule has 0 fully saturated rings. The van der Waals surface area contributed by atoms with E-state index in [4.69, 9.17) is 5.11 Å².